The first kappa shape index (κ1) is 16.2. The van der Waals surface area contributed by atoms with E-state index in [1.807, 2.05) is 0 Å². The summed E-state index contributed by atoms with van der Waals surface area (Å²) in [6, 6.07) is 8.52. The predicted octanol–water partition coefficient (Wildman–Crippen LogP) is 3.89. The van der Waals surface area contributed by atoms with Crippen molar-refractivity contribution in [2.45, 2.75) is 6.10 Å². The Labute approximate surface area is 137 Å². The first-order chi connectivity index (χ1) is 10.1. The van der Waals surface area contributed by atoms with Crippen LogP contribution in [0.25, 0.3) is 0 Å². The Hall–Kier alpha value is -1.20. The number of hydrogen-bond donors (Lipinski definition) is 2. The second kappa shape index (κ2) is 7.71. The van der Waals surface area contributed by atoms with Crippen LogP contribution in [0.5, 0.6) is 5.75 Å². The molecule has 0 amide bonds. The zero-order chi connectivity index (χ0) is 15.2. The van der Waals surface area contributed by atoms with E-state index in [1.54, 1.807) is 36.5 Å². The molecule has 2 N–H and O–H groups in total. The number of aliphatic hydroxyl groups is 1. The summed E-state index contributed by atoms with van der Waals surface area (Å²) in [6.07, 6.45) is 0.862. The van der Waals surface area contributed by atoms with E-state index in [2.05, 4.69) is 10.3 Å². The second-order valence-corrected chi connectivity index (χ2v) is 5.42. The minimum atomic E-state index is -0.752. The molecule has 1 heterocycles. The normalized spacial score (nSPS) is 12.0. The average molecular weight is 348 g/mol. The molecule has 0 saturated carbocycles. The van der Waals surface area contributed by atoms with Crippen LogP contribution < -0.4 is 10.1 Å². The summed E-state index contributed by atoms with van der Waals surface area (Å²) in [4.78, 5) is 4.06. The topological polar surface area (TPSA) is 54.4 Å². The van der Waals surface area contributed by atoms with Crippen LogP contribution in [0.4, 0.5) is 5.82 Å². The Morgan fingerprint density at radius 2 is 1.90 bits per heavy atom. The molecule has 0 aliphatic heterocycles. The van der Waals surface area contributed by atoms with Crippen LogP contribution in [0.15, 0.2) is 36.5 Å². The van der Waals surface area contributed by atoms with Gasteiger partial charge in [-0.05, 0) is 24.3 Å². The van der Waals surface area contributed by atoms with Crippen molar-refractivity contribution in [3.05, 3.63) is 51.6 Å². The van der Waals surface area contributed by atoms with Crippen molar-refractivity contribution < 1.29 is 9.84 Å². The molecule has 4 nitrogen and oxygen atoms in total. The third-order valence-corrected chi connectivity index (χ3v) is 3.72. The maximum Gasteiger partial charge on any atom is 0.144 e. The Balaban J connectivity index is 1.84. The van der Waals surface area contributed by atoms with E-state index in [9.17, 15) is 5.11 Å². The van der Waals surface area contributed by atoms with Crippen molar-refractivity contribution >= 4 is 40.6 Å². The number of nitrogens with one attached hydrogen (secondary N) is 1. The smallest absolute Gasteiger partial charge is 0.144 e. The molecule has 0 bridgehead atoms. The molecular formula is C14H13Cl3N2O2. The lowest BCUT2D eigenvalue weighted by molar-refractivity contribution is 0.117. The van der Waals surface area contributed by atoms with E-state index < -0.39 is 6.10 Å². The van der Waals surface area contributed by atoms with Crippen molar-refractivity contribution in [2.75, 3.05) is 18.5 Å². The highest BCUT2D eigenvalue weighted by Crippen LogP contribution is 2.31. The number of aromatic nitrogens is 1. The molecular weight excluding hydrogens is 335 g/mol. The van der Waals surface area contributed by atoms with Crippen LogP contribution in [0.3, 0.4) is 0 Å². The van der Waals surface area contributed by atoms with Gasteiger partial charge in [0.15, 0.2) is 0 Å². The van der Waals surface area contributed by atoms with E-state index in [1.165, 1.54) is 0 Å². The third kappa shape index (κ3) is 4.64. The summed E-state index contributed by atoms with van der Waals surface area (Å²) < 4.78 is 5.44. The molecule has 1 unspecified atom stereocenters. The van der Waals surface area contributed by atoms with E-state index in [0.717, 1.165) is 0 Å². The standard InChI is InChI=1S/C14H13Cl3N2O2/c15-10-3-1-5-12(13(10)17)21-8-9(20)7-19-14-11(16)4-2-6-18-14/h1-6,9,20H,7-8H2,(H,18,19). The van der Waals surface area contributed by atoms with Gasteiger partial charge in [-0.15, -0.1) is 0 Å². The van der Waals surface area contributed by atoms with Crippen LogP contribution in [-0.4, -0.2) is 29.3 Å². The fraction of sp³-hybridized carbons (Fsp3) is 0.214. The fourth-order valence-corrected chi connectivity index (χ4v) is 2.11. The third-order valence-electron chi connectivity index (χ3n) is 2.61. The van der Waals surface area contributed by atoms with Gasteiger partial charge < -0.3 is 15.2 Å². The number of benzene rings is 1. The molecule has 7 heteroatoms. The SMILES string of the molecule is OC(CNc1ncccc1Cl)COc1cccc(Cl)c1Cl. The molecule has 21 heavy (non-hydrogen) atoms. The largest absolute Gasteiger partial charge is 0.489 e. The van der Waals surface area contributed by atoms with Gasteiger partial charge in [-0.2, -0.15) is 0 Å². The monoisotopic (exact) mass is 346 g/mol. The van der Waals surface area contributed by atoms with Crippen LogP contribution >= 0.6 is 34.8 Å². The van der Waals surface area contributed by atoms with E-state index in [0.29, 0.717) is 26.6 Å². The van der Waals surface area contributed by atoms with Gasteiger partial charge in [-0.3, -0.25) is 0 Å². The highest BCUT2D eigenvalue weighted by molar-refractivity contribution is 6.42. The molecule has 1 aromatic heterocycles. The number of hydrogen-bond acceptors (Lipinski definition) is 4. The highest BCUT2D eigenvalue weighted by Gasteiger charge is 2.10. The van der Waals surface area contributed by atoms with Gasteiger partial charge in [0.2, 0.25) is 0 Å². The van der Waals surface area contributed by atoms with Gasteiger partial charge in [0.1, 0.15) is 29.3 Å². The molecule has 1 aromatic carbocycles. The minimum absolute atomic E-state index is 0.0670. The number of nitrogens with zero attached hydrogens (tertiary/aromatic N) is 1. The van der Waals surface area contributed by atoms with Crippen molar-refractivity contribution in [3.63, 3.8) is 0 Å². The van der Waals surface area contributed by atoms with Crippen LogP contribution in [0.2, 0.25) is 15.1 Å². The molecule has 0 aliphatic rings. The van der Waals surface area contributed by atoms with Crippen molar-refractivity contribution in [3.8, 4) is 5.75 Å². The Kier molecular flexibility index (Phi) is 5.94. The first-order valence-corrected chi connectivity index (χ1v) is 7.30. The summed E-state index contributed by atoms with van der Waals surface area (Å²) in [5.74, 6) is 0.943. The maximum absolute atomic E-state index is 9.89. The van der Waals surface area contributed by atoms with Crippen LogP contribution in [-0.2, 0) is 0 Å². The number of aliphatic hydroxyl groups excluding tert-OH is 1. The number of rotatable bonds is 6. The summed E-state index contributed by atoms with van der Waals surface area (Å²) in [5, 5.41) is 14.1. The number of halogens is 3. The van der Waals surface area contributed by atoms with Gasteiger partial charge in [0.05, 0.1) is 10.0 Å². The van der Waals surface area contributed by atoms with Gasteiger partial charge in [0.25, 0.3) is 0 Å². The van der Waals surface area contributed by atoms with E-state index in [-0.39, 0.29) is 13.2 Å². The molecule has 2 aromatic rings. The summed E-state index contributed by atoms with van der Waals surface area (Å²) in [5.41, 5.74) is 0. The fourth-order valence-electron chi connectivity index (χ4n) is 1.57. The van der Waals surface area contributed by atoms with E-state index in [4.69, 9.17) is 39.5 Å². The highest BCUT2D eigenvalue weighted by atomic mass is 35.5. The molecule has 0 aliphatic carbocycles. The first-order valence-electron chi connectivity index (χ1n) is 6.17. The molecule has 0 fully saturated rings. The Bertz CT molecular complexity index is 611. The summed E-state index contributed by atoms with van der Waals surface area (Å²) >= 11 is 17.8. The number of pyridine rings is 1. The van der Waals surface area contributed by atoms with Crippen LogP contribution in [0.1, 0.15) is 0 Å². The molecule has 0 saturated heterocycles. The Morgan fingerprint density at radius 1 is 1.14 bits per heavy atom. The van der Waals surface area contributed by atoms with Gasteiger partial charge >= 0.3 is 0 Å². The Morgan fingerprint density at radius 3 is 2.67 bits per heavy atom. The maximum atomic E-state index is 9.89. The lowest BCUT2D eigenvalue weighted by Gasteiger charge is -2.15. The van der Waals surface area contributed by atoms with Gasteiger partial charge in [0, 0.05) is 12.7 Å². The lowest BCUT2D eigenvalue weighted by atomic mass is 10.3. The van der Waals surface area contributed by atoms with Gasteiger partial charge in [-0.1, -0.05) is 40.9 Å². The molecule has 112 valence electrons. The zero-order valence-corrected chi connectivity index (χ0v) is 13.2. The summed E-state index contributed by atoms with van der Waals surface area (Å²) in [6.45, 7) is 0.312. The molecule has 0 radical (unpaired) electrons. The van der Waals surface area contributed by atoms with Crippen molar-refractivity contribution in [1.29, 1.82) is 0 Å². The van der Waals surface area contributed by atoms with Crippen molar-refractivity contribution in [2.24, 2.45) is 0 Å². The quantitative estimate of drug-likeness (QED) is 0.832. The minimum Gasteiger partial charge on any atom is -0.489 e. The van der Waals surface area contributed by atoms with E-state index >= 15 is 0 Å². The van der Waals surface area contributed by atoms with Crippen LogP contribution in [0, 0.1) is 0 Å². The number of anilines is 1. The van der Waals surface area contributed by atoms with Gasteiger partial charge in [-0.25, -0.2) is 4.98 Å². The average Bonchev–Trinajstić information content (AvgIpc) is 2.48. The molecule has 0 spiro atoms. The zero-order valence-electron chi connectivity index (χ0n) is 10.9. The second-order valence-electron chi connectivity index (χ2n) is 4.23. The number of ether oxygens (including phenoxy) is 1. The van der Waals surface area contributed by atoms with Crippen molar-refractivity contribution in [1.82, 2.24) is 4.98 Å². The molecule has 2 rings (SSSR count). The lowest BCUT2D eigenvalue weighted by Crippen LogP contribution is -2.26. The summed E-state index contributed by atoms with van der Waals surface area (Å²) in [7, 11) is 0. The predicted molar refractivity (Wildman–Crippen MR) is 85.7 cm³/mol. The molecule has 1 atom stereocenters.